The number of carbonyl (C=O) groups is 1. The highest BCUT2D eigenvalue weighted by Gasteiger charge is 2.08. The molecular formula is C21H23N3O3. The van der Waals surface area contributed by atoms with Crippen LogP contribution in [-0.2, 0) is 17.8 Å². The standard InChI is InChI=1S/C21H23N3O3/c1-26-19-9-7-16(8-10-19)14-24-21(25)18(13-22)15-23-12-11-17-5-3-4-6-20(17)27-2/h3-10,15,23H,11-12,14H2,1-2H3,(H,24,25)/b18-15-. The number of nitriles is 1. The third-order valence-corrected chi connectivity index (χ3v) is 3.95. The Bertz CT molecular complexity index is 823. The van der Waals surface area contributed by atoms with Crippen LogP contribution in [0.3, 0.4) is 0 Å². The van der Waals surface area contributed by atoms with Gasteiger partial charge in [-0.15, -0.1) is 0 Å². The lowest BCUT2D eigenvalue weighted by Gasteiger charge is -2.08. The van der Waals surface area contributed by atoms with Crippen molar-refractivity contribution in [1.29, 1.82) is 5.26 Å². The van der Waals surface area contributed by atoms with Crippen LogP contribution in [0, 0.1) is 11.3 Å². The number of methoxy groups -OCH3 is 2. The van der Waals surface area contributed by atoms with E-state index in [0.717, 1.165) is 22.6 Å². The molecule has 2 aromatic rings. The number of nitrogens with zero attached hydrogens (tertiary/aromatic N) is 1. The van der Waals surface area contributed by atoms with E-state index in [4.69, 9.17) is 9.47 Å². The molecule has 140 valence electrons. The van der Waals surface area contributed by atoms with Crippen molar-refractivity contribution in [2.45, 2.75) is 13.0 Å². The predicted molar refractivity (Wildman–Crippen MR) is 103 cm³/mol. The van der Waals surface area contributed by atoms with Crippen LogP contribution >= 0.6 is 0 Å². The van der Waals surface area contributed by atoms with E-state index < -0.39 is 5.91 Å². The summed E-state index contributed by atoms with van der Waals surface area (Å²) in [6.07, 6.45) is 2.16. The smallest absolute Gasteiger partial charge is 0.263 e. The van der Waals surface area contributed by atoms with Crippen molar-refractivity contribution in [2.24, 2.45) is 0 Å². The van der Waals surface area contributed by atoms with E-state index in [-0.39, 0.29) is 5.57 Å². The Kier molecular flexibility index (Phi) is 7.73. The first kappa shape index (κ1) is 19.9. The van der Waals surface area contributed by atoms with Crippen LogP contribution < -0.4 is 20.1 Å². The van der Waals surface area contributed by atoms with E-state index >= 15 is 0 Å². The molecule has 2 N–H and O–H groups in total. The van der Waals surface area contributed by atoms with Crippen molar-refractivity contribution in [3.05, 3.63) is 71.4 Å². The van der Waals surface area contributed by atoms with E-state index in [1.54, 1.807) is 14.2 Å². The third-order valence-electron chi connectivity index (χ3n) is 3.95. The monoisotopic (exact) mass is 365 g/mol. The molecule has 0 aromatic heterocycles. The summed E-state index contributed by atoms with van der Waals surface area (Å²) in [7, 11) is 3.23. The highest BCUT2D eigenvalue weighted by atomic mass is 16.5. The SMILES string of the molecule is COc1ccc(CNC(=O)/C(C#N)=C\NCCc2ccccc2OC)cc1. The zero-order valence-corrected chi connectivity index (χ0v) is 15.5. The molecule has 2 aromatic carbocycles. The summed E-state index contributed by atoms with van der Waals surface area (Å²) in [5.74, 6) is 1.15. The van der Waals surface area contributed by atoms with Gasteiger partial charge in [-0.25, -0.2) is 0 Å². The van der Waals surface area contributed by atoms with Crippen LogP contribution in [-0.4, -0.2) is 26.7 Å². The minimum absolute atomic E-state index is 0.0311. The molecule has 0 heterocycles. The highest BCUT2D eigenvalue weighted by Crippen LogP contribution is 2.17. The minimum atomic E-state index is -0.418. The van der Waals surface area contributed by atoms with Gasteiger partial charge < -0.3 is 20.1 Å². The van der Waals surface area contributed by atoms with Crippen LogP contribution in [0.5, 0.6) is 11.5 Å². The second-order valence-electron chi connectivity index (χ2n) is 5.72. The molecule has 0 fully saturated rings. The molecule has 0 aliphatic heterocycles. The van der Waals surface area contributed by atoms with Crippen molar-refractivity contribution in [1.82, 2.24) is 10.6 Å². The second kappa shape index (κ2) is 10.5. The van der Waals surface area contributed by atoms with Crippen LogP contribution in [0.2, 0.25) is 0 Å². The van der Waals surface area contributed by atoms with Gasteiger partial charge in [0.05, 0.1) is 14.2 Å². The molecule has 0 radical (unpaired) electrons. The van der Waals surface area contributed by atoms with E-state index in [2.05, 4.69) is 10.6 Å². The van der Waals surface area contributed by atoms with Gasteiger partial charge in [0.2, 0.25) is 0 Å². The van der Waals surface area contributed by atoms with Gasteiger partial charge in [0.25, 0.3) is 5.91 Å². The van der Waals surface area contributed by atoms with Crippen molar-refractivity contribution < 1.29 is 14.3 Å². The molecule has 0 atom stereocenters. The summed E-state index contributed by atoms with van der Waals surface area (Å²) in [6, 6.07) is 17.0. The Morgan fingerprint density at radius 1 is 1.11 bits per heavy atom. The summed E-state index contributed by atoms with van der Waals surface area (Å²) in [5.41, 5.74) is 2.01. The molecule has 0 spiro atoms. The van der Waals surface area contributed by atoms with Gasteiger partial charge >= 0.3 is 0 Å². The molecule has 1 amide bonds. The Morgan fingerprint density at radius 3 is 2.52 bits per heavy atom. The maximum atomic E-state index is 12.1. The summed E-state index contributed by atoms with van der Waals surface area (Å²) in [4.78, 5) is 12.1. The average Bonchev–Trinajstić information content (AvgIpc) is 2.72. The van der Waals surface area contributed by atoms with Crippen molar-refractivity contribution >= 4 is 5.91 Å². The highest BCUT2D eigenvalue weighted by molar-refractivity contribution is 5.97. The summed E-state index contributed by atoms with van der Waals surface area (Å²) >= 11 is 0. The van der Waals surface area contributed by atoms with E-state index in [0.29, 0.717) is 19.5 Å². The number of ether oxygens (including phenoxy) is 2. The first-order valence-electron chi connectivity index (χ1n) is 8.54. The molecule has 27 heavy (non-hydrogen) atoms. The Balaban J connectivity index is 1.83. The molecule has 0 saturated heterocycles. The van der Waals surface area contributed by atoms with Crippen molar-refractivity contribution in [3.8, 4) is 17.6 Å². The number of amides is 1. The summed E-state index contributed by atoms with van der Waals surface area (Å²) in [6.45, 7) is 0.917. The second-order valence-corrected chi connectivity index (χ2v) is 5.72. The first-order valence-corrected chi connectivity index (χ1v) is 8.54. The van der Waals surface area contributed by atoms with Gasteiger partial charge in [-0.1, -0.05) is 30.3 Å². The lowest BCUT2D eigenvalue weighted by Crippen LogP contribution is -2.25. The zero-order chi connectivity index (χ0) is 19.5. The number of para-hydroxylation sites is 1. The quantitative estimate of drug-likeness (QED) is 0.405. The predicted octanol–water partition coefficient (Wildman–Crippen LogP) is 2.56. The lowest BCUT2D eigenvalue weighted by atomic mass is 10.1. The molecule has 6 nitrogen and oxygen atoms in total. The lowest BCUT2D eigenvalue weighted by molar-refractivity contribution is -0.117. The zero-order valence-electron chi connectivity index (χ0n) is 15.5. The van der Waals surface area contributed by atoms with E-state index in [1.807, 2.05) is 54.6 Å². The number of carbonyl (C=O) groups excluding carboxylic acids is 1. The number of hydrogen-bond donors (Lipinski definition) is 2. The fraction of sp³-hybridized carbons (Fsp3) is 0.238. The Hall–Kier alpha value is -3.46. The topological polar surface area (TPSA) is 83.4 Å². The maximum absolute atomic E-state index is 12.1. The third kappa shape index (κ3) is 6.08. The van der Waals surface area contributed by atoms with Crippen LogP contribution in [0.4, 0.5) is 0 Å². The normalized spacial score (nSPS) is 10.6. The van der Waals surface area contributed by atoms with E-state index in [9.17, 15) is 10.1 Å². The summed E-state index contributed by atoms with van der Waals surface area (Å²) in [5, 5.41) is 15.0. The van der Waals surface area contributed by atoms with Gasteiger partial charge in [0.1, 0.15) is 23.1 Å². The maximum Gasteiger partial charge on any atom is 0.263 e. The van der Waals surface area contributed by atoms with Gasteiger partial charge in [-0.2, -0.15) is 5.26 Å². The number of benzene rings is 2. The van der Waals surface area contributed by atoms with Crippen molar-refractivity contribution in [2.75, 3.05) is 20.8 Å². The molecular weight excluding hydrogens is 342 g/mol. The number of rotatable bonds is 9. The van der Waals surface area contributed by atoms with Crippen molar-refractivity contribution in [3.63, 3.8) is 0 Å². The molecule has 0 aliphatic rings. The summed E-state index contributed by atoms with van der Waals surface area (Å²) < 4.78 is 10.4. The Morgan fingerprint density at radius 2 is 1.85 bits per heavy atom. The molecule has 0 saturated carbocycles. The van der Waals surface area contributed by atoms with Crippen LogP contribution in [0.25, 0.3) is 0 Å². The average molecular weight is 365 g/mol. The fourth-order valence-corrected chi connectivity index (χ4v) is 2.46. The minimum Gasteiger partial charge on any atom is -0.497 e. The van der Waals surface area contributed by atoms with Gasteiger partial charge in [-0.05, 0) is 35.7 Å². The number of nitrogens with one attached hydrogen (secondary N) is 2. The van der Waals surface area contributed by atoms with Gasteiger partial charge in [-0.3, -0.25) is 4.79 Å². The van der Waals surface area contributed by atoms with Gasteiger partial charge in [0, 0.05) is 19.3 Å². The van der Waals surface area contributed by atoms with Gasteiger partial charge in [0.15, 0.2) is 0 Å². The molecule has 0 bridgehead atoms. The fourth-order valence-electron chi connectivity index (χ4n) is 2.46. The molecule has 6 heteroatoms. The molecule has 0 aliphatic carbocycles. The Labute approximate surface area is 159 Å². The molecule has 0 unspecified atom stereocenters. The number of hydrogen-bond acceptors (Lipinski definition) is 5. The van der Waals surface area contributed by atoms with E-state index in [1.165, 1.54) is 6.20 Å². The largest absolute Gasteiger partial charge is 0.497 e. The first-order chi connectivity index (χ1) is 13.2. The van der Waals surface area contributed by atoms with Crippen LogP contribution in [0.15, 0.2) is 60.3 Å². The van der Waals surface area contributed by atoms with Crippen LogP contribution in [0.1, 0.15) is 11.1 Å². The molecule has 2 rings (SSSR count).